The molecule has 10 heteroatoms. The van der Waals surface area contributed by atoms with Crippen molar-refractivity contribution in [3.05, 3.63) is 51.0 Å². The molecule has 0 bridgehead atoms. The van der Waals surface area contributed by atoms with Crippen molar-refractivity contribution in [2.24, 2.45) is 5.10 Å². The summed E-state index contributed by atoms with van der Waals surface area (Å²) in [7, 11) is 0. The lowest BCUT2D eigenvalue weighted by Crippen LogP contribution is -2.49. The summed E-state index contributed by atoms with van der Waals surface area (Å²) in [4.78, 5) is 21.6. The molecule has 0 spiro atoms. The highest BCUT2D eigenvalue weighted by atomic mass is 35.5. The van der Waals surface area contributed by atoms with E-state index < -0.39 is 0 Å². The topological polar surface area (TPSA) is 60.8 Å². The minimum Gasteiger partial charge on any atom is -0.365 e. The molecule has 1 aliphatic rings. The zero-order valence-corrected chi connectivity index (χ0v) is 20.7. The monoisotopic (exact) mass is 509 g/mol. The number of carbonyl (C=O) groups excluding carboxylic acids is 1. The van der Waals surface area contributed by atoms with Gasteiger partial charge in [-0.1, -0.05) is 53.1 Å². The third-order valence-electron chi connectivity index (χ3n) is 5.39. The van der Waals surface area contributed by atoms with Crippen LogP contribution in [0.2, 0.25) is 15.1 Å². The van der Waals surface area contributed by atoms with Crippen LogP contribution in [0, 0.1) is 0 Å². The molecule has 2 aromatic carbocycles. The summed E-state index contributed by atoms with van der Waals surface area (Å²) >= 11 is 20.2. The van der Waals surface area contributed by atoms with Gasteiger partial charge in [0.05, 0.1) is 25.5 Å². The van der Waals surface area contributed by atoms with Gasteiger partial charge in [-0.15, -0.1) is 0 Å². The summed E-state index contributed by atoms with van der Waals surface area (Å²) in [6.45, 7) is 6.48. The Bertz CT molecular complexity index is 1190. The fourth-order valence-electron chi connectivity index (χ4n) is 3.47. The van der Waals surface area contributed by atoms with Crippen molar-refractivity contribution in [2.75, 3.05) is 36.5 Å². The Balaban J connectivity index is 1.52. The van der Waals surface area contributed by atoms with Crippen LogP contribution >= 0.6 is 46.1 Å². The van der Waals surface area contributed by atoms with E-state index >= 15 is 0 Å². The summed E-state index contributed by atoms with van der Waals surface area (Å²) in [5, 5.41) is 6.53. The minimum absolute atomic E-state index is 0.0585. The molecule has 1 fully saturated rings. The quantitative estimate of drug-likeness (QED) is 0.318. The van der Waals surface area contributed by atoms with E-state index in [-0.39, 0.29) is 5.91 Å². The van der Waals surface area contributed by atoms with E-state index in [1.54, 1.807) is 18.2 Å². The van der Waals surface area contributed by atoms with Crippen LogP contribution in [0.25, 0.3) is 10.2 Å². The number of thiazole rings is 1. The molecule has 32 heavy (non-hydrogen) atoms. The third-order valence-corrected chi connectivity index (χ3v) is 7.36. The standard InChI is InChI=1S/C22H22Cl3N5OS/c1-3-13(2)27-28-22-26-19-18(32-22)7-6-16(24)20(19)29-8-10-30(11-9-29)21(31)14-4-5-15(23)17(25)12-14/h4-7,12H,3,8-11H2,1-2H3,(H,26,28)/b27-13-. The van der Waals surface area contributed by atoms with Gasteiger partial charge in [0.1, 0.15) is 5.52 Å². The third kappa shape index (κ3) is 4.81. The van der Waals surface area contributed by atoms with Gasteiger partial charge in [-0.05, 0) is 43.7 Å². The molecule has 0 saturated carbocycles. The lowest BCUT2D eigenvalue weighted by molar-refractivity contribution is 0.0747. The molecule has 1 saturated heterocycles. The van der Waals surface area contributed by atoms with Crippen LogP contribution < -0.4 is 10.3 Å². The lowest BCUT2D eigenvalue weighted by Gasteiger charge is -2.36. The first-order valence-electron chi connectivity index (χ1n) is 10.2. The number of halogens is 3. The van der Waals surface area contributed by atoms with Crippen LogP contribution in [0.15, 0.2) is 35.4 Å². The van der Waals surface area contributed by atoms with Crippen LogP contribution in [0.5, 0.6) is 0 Å². The molecule has 3 aromatic rings. The molecule has 0 atom stereocenters. The molecule has 1 aromatic heterocycles. The van der Waals surface area contributed by atoms with Gasteiger partial charge < -0.3 is 9.80 Å². The highest BCUT2D eigenvalue weighted by Gasteiger charge is 2.26. The van der Waals surface area contributed by atoms with Crippen LogP contribution in [0.3, 0.4) is 0 Å². The molecule has 2 heterocycles. The molecular formula is C22H22Cl3N5OS. The second-order valence-corrected chi connectivity index (χ2v) is 9.73. The average molecular weight is 511 g/mol. The number of fused-ring (bicyclic) bond motifs is 1. The number of nitrogens with one attached hydrogen (secondary N) is 1. The van der Waals surface area contributed by atoms with Crippen LogP contribution in [-0.4, -0.2) is 47.7 Å². The molecule has 1 N–H and O–H groups in total. The highest BCUT2D eigenvalue weighted by molar-refractivity contribution is 7.22. The molecular weight excluding hydrogens is 489 g/mol. The first kappa shape index (κ1) is 23.1. The van der Waals surface area contributed by atoms with Gasteiger partial charge in [-0.2, -0.15) is 5.10 Å². The number of piperazine rings is 1. The Morgan fingerprint density at radius 2 is 1.81 bits per heavy atom. The van der Waals surface area contributed by atoms with E-state index in [9.17, 15) is 4.79 Å². The number of hydrogen-bond acceptors (Lipinski definition) is 6. The molecule has 0 unspecified atom stereocenters. The smallest absolute Gasteiger partial charge is 0.254 e. The van der Waals surface area contributed by atoms with E-state index in [4.69, 9.17) is 39.8 Å². The maximum Gasteiger partial charge on any atom is 0.254 e. The molecule has 1 aliphatic heterocycles. The largest absolute Gasteiger partial charge is 0.365 e. The number of rotatable bonds is 5. The van der Waals surface area contributed by atoms with E-state index in [2.05, 4.69) is 22.4 Å². The zero-order chi connectivity index (χ0) is 22.8. The number of anilines is 2. The van der Waals surface area contributed by atoms with Gasteiger partial charge in [0.2, 0.25) is 5.13 Å². The Kier molecular flexibility index (Phi) is 7.10. The van der Waals surface area contributed by atoms with Crippen molar-refractivity contribution in [3.63, 3.8) is 0 Å². The Morgan fingerprint density at radius 1 is 1.09 bits per heavy atom. The van der Waals surface area contributed by atoms with Crippen molar-refractivity contribution in [1.29, 1.82) is 0 Å². The van der Waals surface area contributed by atoms with E-state index in [0.29, 0.717) is 46.8 Å². The fraction of sp³-hybridized carbons (Fsp3) is 0.318. The Hall–Kier alpha value is -2.06. The van der Waals surface area contributed by atoms with Gasteiger partial charge >= 0.3 is 0 Å². The van der Waals surface area contributed by atoms with Gasteiger partial charge in [-0.3, -0.25) is 10.2 Å². The normalized spacial score (nSPS) is 14.8. The molecule has 0 aliphatic carbocycles. The van der Waals surface area contributed by atoms with Crippen molar-refractivity contribution in [3.8, 4) is 0 Å². The molecule has 168 valence electrons. The number of benzene rings is 2. The molecule has 4 rings (SSSR count). The van der Waals surface area contributed by atoms with E-state index in [1.807, 2.05) is 24.0 Å². The second kappa shape index (κ2) is 9.83. The van der Waals surface area contributed by atoms with Crippen molar-refractivity contribution < 1.29 is 4.79 Å². The van der Waals surface area contributed by atoms with Gasteiger partial charge in [0, 0.05) is 37.5 Å². The molecule has 0 radical (unpaired) electrons. The summed E-state index contributed by atoms with van der Waals surface area (Å²) in [5.74, 6) is -0.0585. The fourth-order valence-corrected chi connectivity index (χ4v) is 4.85. The zero-order valence-electron chi connectivity index (χ0n) is 17.7. The average Bonchev–Trinajstić information content (AvgIpc) is 3.22. The first-order chi connectivity index (χ1) is 15.4. The maximum absolute atomic E-state index is 12.9. The predicted molar refractivity (Wildman–Crippen MR) is 136 cm³/mol. The van der Waals surface area contributed by atoms with Crippen LogP contribution in [0.4, 0.5) is 10.8 Å². The summed E-state index contributed by atoms with van der Waals surface area (Å²) in [5.41, 5.74) is 6.32. The second-order valence-electron chi connectivity index (χ2n) is 7.48. The highest BCUT2D eigenvalue weighted by Crippen LogP contribution is 2.38. The number of amides is 1. The van der Waals surface area contributed by atoms with Gasteiger partial charge in [0.15, 0.2) is 0 Å². The number of nitrogens with zero attached hydrogens (tertiary/aromatic N) is 4. The summed E-state index contributed by atoms with van der Waals surface area (Å²) in [6.07, 6.45) is 0.875. The Morgan fingerprint density at radius 3 is 2.50 bits per heavy atom. The Labute approximate surface area is 205 Å². The van der Waals surface area contributed by atoms with Crippen molar-refractivity contribution in [2.45, 2.75) is 20.3 Å². The maximum atomic E-state index is 12.9. The van der Waals surface area contributed by atoms with Crippen molar-refractivity contribution >= 4 is 78.8 Å². The van der Waals surface area contributed by atoms with Gasteiger partial charge in [0.25, 0.3) is 5.91 Å². The number of hydrogen-bond donors (Lipinski definition) is 1. The first-order valence-corrected chi connectivity index (χ1v) is 12.2. The SMILES string of the molecule is CC/C(C)=N\Nc1nc2c(N3CCN(C(=O)c4ccc(Cl)c(Cl)c4)CC3)c(Cl)ccc2s1. The molecule has 1 amide bonds. The van der Waals surface area contributed by atoms with E-state index in [0.717, 1.165) is 33.2 Å². The van der Waals surface area contributed by atoms with Crippen LogP contribution in [0.1, 0.15) is 30.6 Å². The lowest BCUT2D eigenvalue weighted by atomic mass is 10.1. The van der Waals surface area contributed by atoms with Crippen LogP contribution in [-0.2, 0) is 0 Å². The summed E-state index contributed by atoms with van der Waals surface area (Å²) in [6, 6.07) is 8.84. The van der Waals surface area contributed by atoms with Crippen molar-refractivity contribution in [1.82, 2.24) is 9.88 Å². The van der Waals surface area contributed by atoms with E-state index in [1.165, 1.54) is 11.3 Å². The van der Waals surface area contributed by atoms with Gasteiger partial charge in [-0.25, -0.2) is 4.98 Å². The minimum atomic E-state index is -0.0585. The number of carbonyl (C=O) groups is 1. The summed E-state index contributed by atoms with van der Waals surface area (Å²) < 4.78 is 1.03. The number of hydrazone groups is 1. The molecule has 6 nitrogen and oxygen atoms in total. The number of aromatic nitrogens is 1. The predicted octanol–water partition coefficient (Wildman–Crippen LogP) is 6.42.